The van der Waals surface area contributed by atoms with Gasteiger partial charge < -0.3 is 0 Å². The summed E-state index contributed by atoms with van der Waals surface area (Å²) in [6.07, 6.45) is 0. The molecule has 0 N–H and O–H groups in total. The highest BCUT2D eigenvalue weighted by Gasteiger charge is 2.06. The molecular weight excluding hydrogens is 192 g/mol. The highest BCUT2D eigenvalue weighted by molar-refractivity contribution is 5.72. The van der Waals surface area contributed by atoms with Gasteiger partial charge in [0, 0.05) is 0 Å². The summed E-state index contributed by atoms with van der Waals surface area (Å²) in [5.41, 5.74) is 8.14. The van der Waals surface area contributed by atoms with E-state index in [9.17, 15) is 0 Å². The maximum atomic E-state index is 2.27. The van der Waals surface area contributed by atoms with E-state index in [4.69, 9.17) is 0 Å². The second-order valence-corrected chi connectivity index (χ2v) is 4.57. The van der Waals surface area contributed by atoms with E-state index in [0.717, 1.165) is 0 Å². The first-order chi connectivity index (χ1) is 7.59. The van der Waals surface area contributed by atoms with Gasteiger partial charge in [0.1, 0.15) is 0 Å². The molecule has 82 valence electrons. The fourth-order valence-corrected chi connectivity index (χ4v) is 2.07. The van der Waals surface area contributed by atoms with Gasteiger partial charge in [-0.15, -0.1) is 0 Å². The van der Waals surface area contributed by atoms with Crippen LogP contribution in [0.4, 0.5) is 0 Å². The Morgan fingerprint density at radius 1 is 0.688 bits per heavy atom. The lowest BCUT2D eigenvalue weighted by atomic mass is 9.93. The van der Waals surface area contributed by atoms with Crippen molar-refractivity contribution in [2.24, 2.45) is 0 Å². The summed E-state index contributed by atoms with van der Waals surface area (Å²) in [4.78, 5) is 0. The zero-order valence-electron chi connectivity index (χ0n) is 10.5. The Kier molecular flexibility index (Phi) is 2.82. The lowest BCUT2D eigenvalue weighted by Crippen LogP contribution is -1.90. The van der Waals surface area contributed by atoms with Gasteiger partial charge in [0.25, 0.3) is 0 Å². The van der Waals surface area contributed by atoms with E-state index in [1.165, 1.54) is 33.4 Å². The molecule has 16 heavy (non-hydrogen) atoms. The van der Waals surface area contributed by atoms with E-state index < -0.39 is 0 Å². The minimum Gasteiger partial charge on any atom is -0.0614 e. The van der Waals surface area contributed by atoms with Crippen molar-refractivity contribution in [2.45, 2.75) is 27.7 Å². The predicted molar refractivity (Wildman–Crippen MR) is 70.8 cm³/mol. The predicted octanol–water partition coefficient (Wildman–Crippen LogP) is 4.59. The molecule has 0 aromatic heterocycles. The van der Waals surface area contributed by atoms with Gasteiger partial charge in [0.15, 0.2) is 0 Å². The molecule has 0 fully saturated rings. The molecule has 0 heteroatoms. The van der Waals surface area contributed by atoms with Crippen LogP contribution in [-0.2, 0) is 0 Å². The van der Waals surface area contributed by atoms with E-state index in [2.05, 4.69) is 64.1 Å². The standard InChI is InChI=1S/C16H18/c1-11-8-9-13(3)16(10-11)15-7-5-6-12(2)14(15)4/h5-10H,1-4H3. The number of aryl methyl sites for hydroxylation is 3. The fourth-order valence-electron chi connectivity index (χ4n) is 2.07. The molecule has 0 heterocycles. The van der Waals surface area contributed by atoms with Crippen LogP contribution in [0.25, 0.3) is 11.1 Å². The SMILES string of the molecule is Cc1ccc(C)c(-c2cccc(C)c2C)c1. The van der Waals surface area contributed by atoms with Crippen LogP contribution < -0.4 is 0 Å². The first kappa shape index (κ1) is 10.9. The average Bonchev–Trinajstić information content (AvgIpc) is 2.26. The van der Waals surface area contributed by atoms with Gasteiger partial charge >= 0.3 is 0 Å². The number of hydrogen-bond donors (Lipinski definition) is 0. The summed E-state index contributed by atoms with van der Waals surface area (Å²) in [6, 6.07) is 13.2. The van der Waals surface area contributed by atoms with Crippen LogP contribution >= 0.6 is 0 Å². The highest BCUT2D eigenvalue weighted by Crippen LogP contribution is 2.28. The number of hydrogen-bond acceptors (Lipinski definition) is 0. The highest BCUT2D eigenvalue weighted by atomic mass is 14.1. The van der Waals surface area contributed by atoms with Gasteiger partial charge in [-0.2, -0.15) is 0 Å². The molecule has 0 saturated heterocycles. The second kappa shape index (κ2) is 4.13. The monoisotopic (exact) mass is 210 g/mol. The van der Waals surface area contributed by atoms with E-state index in [0.29, 0.717) is 0 Å². The molecule has 2 aromatic rings. The molecule has 2 rings (SSSR count). The minimum absolute atomic E-state index is 1.32. The Morgan fingerprint density at radius 2 is 1.44 bits per heavy atom. The summed E-state index contributed by atoms with van der Waals surface area (Å²) in [6.45, 7) is 8.70. The van der Waals surface area contributed by atoms with E-state index >= 15 is 0 Å². The van der Waals surface area contributed by atoms with Gasteiger partial charge in [0.2, 0.25) is 0 Å². The Hall–Kier alpha value is -1.56. The van der Waals surface area contributed by atoms with Crippen molar-refractivity contribution in [1.29, 1.82) is 0 Å². The van der Waals surface area contributed by atoms with Crippen LogP contribution in [0.15, 0.2) is 36.4 Å². The third-order valence-electron chi connectivity index (χ3n) is 3.29. The summed E-state index contributed by atoms with van der Waals surface area (Å²) in [7, 11) is 0. The molecular formula is C16H18. The molecule has 0 aliphatic heterocycles. The molecule has 0 aliphatic rings. The molecule has 0 aliphatic carbocycles. The quantitative estimate of drug-likeness (QED) is 0.646. The third kappa shape index (κ3) is 1.88. The molecule has 0 nitrogen and oxygen atoms in total. The molecule has 0 saturated carbocycles. The van der Waals surface area contributed by atoms with Gasteiger partial charge in [-0.05, 0) is 55.5 Å². The van der Waals surface area contributed by atoms with Gasteiger partial charge in [-0.3, -0.25) is 0 Å². The molecule has 0 unspecified atom stereocenters. The first-order valence-electron chi connectivity index (χ1n) is 5.73. The molecule has 0 spiro atoms. The summed E-state index contributed by atoms with van der Waals surface area (Å²) in [5, 5.41) is 0. The number of benzene rings is 2. The van der Waals surface area contributed by atoms with Crippen molar-refractivity contribution in [3.63, 3.8) is 0 Å². The lowest BCUT2D eigenvalue weighted by molar-refractivity contribution is 1.32. The molecule has 0 amide bonds. The molecule has 0 atom stereocenters. The topological polar surface area (TPSA) is 0 Å². The average molecular weight is 210 g/mol. The maximum Gasteiger partial charge on any atom is -0.0149 e. The van der Waals surface area contributed by atoms with Crippen molar-refractivity contribution >= 4 is 0 Å². The zero-order valence-corrected chi connectivity index (χ0v) is 10.5. The fraction of sp³-hybridized carbons (Fsp3) is 0.250. The van der Waals surface area contributed by atoms with Crippen LogP contribution in [-0.4, -0.2) is 0 Å². The van der Waals surface area contributed by atoms with Crippen LogP contribution in [0.3, 0.4) is 0 Å². The first-order valence-corrected chi connectivity index (χ1v) is 5.73. The Morgan fingerprint density at radius 3 is 2.19 bits per heavy atom. The largest absolute Gasteiger partial charge is 0.0614 e. The molecule has 0 radical (unpaired) electrons. The second-order valence-electron chi connectivity index (χ2n) is 4.57. The Labute approximate surface area is 97.9 Å². The van der Waals surface area contributed by atoms with E-state index in [1.807, 2.05) is 0 Å². The minimum atomic E-state index is 1.32. The summed E-state index contributed by atoms with van der Waals surface area (Å²) in [5.74, 6) is 0. The maximum absolute atomic E-state index is 2.27. The summed E-state index contributed by atoms with van der Waals surface area (Å²) >= 11 is 0. The van der Waals surface area contributed by atoms with Crippen LogP contribution in [0.2, 0.25) is 0 Å². The molecule has 2 aromatic carbocycles. The van der Waals surface area contributed by atoms with Crippen LogP contribution in [0.5, 0.6) is 0 Å². The summed E-state index contributed by atoms with van der Waals surface area (Å²) < 4.78 is 0. The Bertz CT molecular complexity index is 522. The van der Waals surface area contributed by atoms with Crippen LogP contribution in [0.1, 0.15) is 22.3 Å². The number of rotatable bonds is 1. The lowest BCUT2D eigenvalue weighted by Gasteiger charge is -2.12. The van der Waals surface area contributed by atoms with Crippen molar-refractivity contribution in [3.05, 3.63) is 58.7 Å². The van der Waals surface area contributed by atoms with Crippen molar-refractivity contribution in [3.8, 4) is 11.1 Å². The van der Waals surface area contributed by atoms with Gasteiger partial charge in [0.05, 0.1) is 0 Å². The van der Waals surface area contributed by atoms with Crippen LogP contribution in [0, 0.1) is 27.7 Å². The van der Waals surface area contributed by atoms with Gasteiger partial charge in [-0.1, -0.05) is 42.0 Å². The van der Waals surface area contributed by atoms with E-state index in [-0.39, 0.29) is 0 Å². The zero-order chi connectivity index (χ0) is 11.7. The Balaban J connectivity index is 2.67. The van der Waals surface area contributed by atoms with Crippen molar-refractivity contribution in [1.82, 2.24) is 0 Å². The van der Waals surface area contributed by atoms with E-state index in [1.54, 1.807) is 0 Å². The normalized spacial score (nSPS) is 10.5. The van der Waals surface area contributed by atoms with Crippen molar-refractivity contribution < 1.29 is 0 Å². The van der Waals surface area contributed by atoms with Crippen molar-refractivity contribution in [2.75, 3.05) is 0 Å². The smallest absolute Gasteiger partial charge is 0.0149 e. The van der Waals surface area contributed by atoms with Gasteiger partial charge in [-0.25, -0.2) is 0 Å². The molecule has 0 bridgehead atoms. The third-order valence-corrected chi connectivity index (χ3v) is 3.29.